The van der Waals surface area contributed by atoms with E-state index in [9.17, 15) is 9.59 Å². The molecule has 192 valence electrons. The minimum Gasteiger partial charge on any atom is -0.497 e. The van der Waals surface area contributed by atoms with Crippen LogP contribution in [0.3, 0.4) is 0 Å². The maximum Gasteiger partial charge on any atom is 0.269 e. The summed E-state index contributed by atoms with van der Waals surface area (Å²) in [6.07, 6.45) is 1.82. The van der Waals surface area contributed by atoms with Gasteiger partial charge in [-0.15, -0.1) is 0 Å². The summed E-state index contributed by atoms with van der Waals surface area (Å²) in [6.45, 7) is 0. The third-order valence-electron chi connectivity index (χ3n) is 6.32. The normalized spacial score (nSPS) is 14.7. The predicted molar refractivity (Wildman–Crippen MR) is 143 cm³/mol. The van der Waals surface area contributed by atoms with E-state index in [1.165, 1.54) is 30.0 Å². The van der Waals surface area contributed by atoms with Gasteiger partial charge in [-0.25, -0.2) is 18.9 Å². The Labute approximate surface area is 222 Å². The second-order valence-electron chi connectivity index (χ2n) is 8.71. The summed E-state index contributed by atoms with van der Waals surface area (Å²) in [5, 5.41) is 9.98. The summed E-state index contributed by atoms with van der Waals surface area (Å²) >= 11 is 0. The molecule has 2 aromatic heterocycles. The van der Waals surface area contributed by atoms with Gasteiger partial charge in [0.1, 0.15) is 22.8 Å². The largest absolute Gasteiger partial charge is 0.497 e. The van der Waals surface area contributed by atoms with Crippen LogP contribution in [0.5, 0.6) is 5.75 Å². The van der Waals surface area contributed by atoms with Crippen molar-refractivity contribution in [2.75, 3.05) is 12.4 Å². The van der Waals surface area contributed by atoms with Gasteiger partial charge in [0.15, 0.2) is 5.65 Å². The first kappa shape index (κ1) is 24.0. The first-order chi connectivity index (χ1) is 19.0. The second-order valence-corrected chi connectivity index (χ2v) is 8.71. The van der Waals surface area contributed by atoms with Crippen molar-refractivity contribution in [2.24, 2.45) is 4.99 Å². The number of nitrogens with one attached hydrogen (secondary N) is 2. The van der Waals surface area contributed by atoms with E-state index in [1.54, 1.807) is 30.5 Å². The van der Waals surface area contributed by atoms with Crippen molar-refractivity contribution in [2.45, 2.75) is 6.17 Å². The fourth-order valence-corrected chi connectivity index (χ4v) is 4.48. The molecule has 0 aliphatic carbocycles. The monoisotopic (exact) mass is 520 g/mol. The van der Waals surface area contributed by atoms with Gasteiger partial charge >= 0.3 is 0 Å². The number of carbonyl (C=O) groups excluding carboxylic acids is 2. The number of benzene rings is 3. The Morgan fingerprint density at radius 3 is 2.62 bits per heavy atom. The van der Waals surface area contributed by atoms with Crippen LogP contribution in [0.15, 0.2) is 96.2 Å². The van der Waals surface area contributed by atoms with Gasteiger partial charge < -0.3 is 15.4 Å². The number of aliphatic imine (C=N–C) groups is 1. The van der Waals surface area contributed by atoms with Crippen LogP contribution in [0.2, 0.25) is 0 Å². The lowest BCUT2D eigenvalue weighted by molar-refractivity contribution is -0.117. The van der Waals surface area contributed by atoms with E-state index in [2.05, 4.69) is 25.7 Å². The summed E-state index contributed by atoms with van der Waals surface area (Å²) in [4.78, 5) is 36.0. The van der Waals surface area contributed by atoms with Crippen LogP contribution in [0, 0.1) is 5.82 Å². The average molecular weight is 521 g/mol. The number of amides is 2. The Hall–Kier alpha value is -5.38. The van der Waals surface area contributed by atoms with Crippen molar-refractivity contribution in [1.82, 2.24) is 19.9 Å². The zero-order valence-corrected chi connectivity index (χ0v) is 20.6. The van der Waals surface area contributed by atoms with E-state index in [0.29, 0.717) is 22.7 Å². The number of hydrogen-bond acceptors (Lipinski definition) is 6. The van der Waals surface area contributed by atoms with Gasteiger partial charge in [0.2, 0.25) is 6.17 Å². The molecule has 5 aromatic rings. The lowest BCUT2D eigenvalue weighted by Gasteiger charge is -2.14. The van der Waals surface area contributed by atoms with Crippen LogP contribution in [-0.4, -0.2) is 45.4 Å². The number of anilines is 1. The molecule has 0 bridgehead atoms. The number of hydrogen-bond donors (Lipinski definition) is 2. The number of ether oxygens (including phenoxy) is 1. The molecule has 3 aromatic carbocycles. The number of benzodiazepines with no additional fused rings is 1. The second kappa shape index (κ2) is 9.82. The molecule has 6 rings (SSSR count). The van der Waals surface area contributed by atoms with Crippen molar-refractivity contribution in [3.8, 4) is 17.0 Å². The third-order valence-corrected chi connectivity index (χ3v) is 6.32. The van der Waals surface area contributed by atoms with E-state index in [4.69, 9.17) is 4.74 Å². The van der Waals surface area contributed by atoms with Crippen molar-refractivity contribution in [3.63, 3.8) is 0 Å². The molecule has 10 heteroatoms. The average Bonchev–Trinajstić information content (AvgIpc) is 3.28. The quantitative estimate of drug-likeness (QED) is 0.363. The van der Waals surface area contributed by atoms with Crippen molar-refractivity contribution < 1.29 is 18.7 Å². The minimum absolute atomic E-state index is 0.00527. The Bertz CT molecular complexity index is 1770. The Balaban J connectivity index is 1.44. The van der Waals surface area contributed by atoms with Gasteiger partial charge in [-0.05, 0) is 24.3 Å². The molecule has 1 aliphatic heterocycles. The number of halogens is 1. The minimum atomic E-state index is -1.28. The Morgan fingerprint density at radius 1 is 1.03 bits per heavy atom. The molecule has 0 fully saturated rings. The highest BCUT2D eigenvalue weighted by Crippen LogP contribution is 2.30. The number of aromatic nitrogens is 3. The maximum absolute atomic E-state index is 15.1. The smallest absolute Gasteiger partial charge is 0.269 e. The van der Waals surface area contributed by atoms with E-state index >= 15 is 4.39 Å². The van der Waals surface area contributed by atoms with Crippen molar-refractivity contribution in [1.29, 1.82) is 0 Å². The Morgan fingerprint density at radius 2 is 1.82 bits per heavy atom. The van der Waals surface area contributed by atoms with Crippen LogP contribution < -0.4 is 15.4 Å². The molecule has 0 spiro atoms. The van der Waals surface area contributed by atoms with E-state index in [1.807, 2.05) is 42.5 Å². The van der Waals surface area contributed by atoms with Crippen molar-refractivity contribution >= 4 is 28.9 Å². The molecule has 2 N–H and O–H groups in total. The van der Waals surface area contributed by atoms with Crippen molar-refractivity contribution in [3.05, 3.63) is 114 Å². The van der Waals surface area contributed by atoms with E-state index in [-0.39, 0.29) is 22.5 Å². The fraction of sp³-hybridized carbons (Fsp3) is 0.0690. The van der Waals surface area contributed by atoms with Gasteiger partial charge in [0.25, 0.3) is 11.8 Å². The highest BCUT2D eigenvalue weighted by atomic mass is 19.1. The highest BCUT2D eigenvalue weighted by Gasteiger charge is 2.31. The number of methoxy groups -OCH3 is 1. The zero-order valence-electron chi connectivity index (χ0n) is 20.6. The number of fused-ring (bicyclic) bond motifs is 2. The van der Waals surface area contributed by atoms with Crippen LogP contribution in [0.4, 0.5) is 10.1 Å². The number of para-hydroxylation sites is 1. The zero-order chi connectivity index (χ0) is 26.9. The summed E-state index contributed by atoms with van der Waals surface area (Å²) < 4.78 is 21.6. The maximum atomic E-state index is 15.1. The van der Waals surface area contributed by atoms with Crippen LogP contribution in [-0.2, 0) is 4.79 Å². The molecule has 39 heavy (non-hydrogen) atoms. The topological polar surface area (TPSA) is 110 Å². The number of nitrogens with zero attached hydrogens (tertiary/aromatic N) is 4. The summed E-state index contributed by atoms with van der Waals surface area (Å²) in [5.41, 5.74) is 2.95. The molecule has 1 atom stereocenters. The molecule has 1 aliphatic rings. The first-order valence-corrected chi connectivity index (χ1v) is 12.0. The molecular weight excluding hydrogens is 499 g/mol. The molecule has 0 saturated heterocycles. The number of carbonyl (C=O) groups is 2. The number of rotatable bonds is 5. The summed E-state index contributed by atoms with van der Waals surface area (Å²) in [6, 6.07) is 22.6. The molecular formula is C29H21FN6O3. The molecule has 0 radical (unpaired) electrons. The van der Waals surface area contributed by atoms with Gasteiger partial charge in [0.05, 0.1) is 18.5 Å². The van der Waals surface area contributed by atoms with Crippen LogP contribution in [0.1, 0.15) is 21.5 Å². The van der Waals surface area contributed by atoms with Gasteiger partial charge in [-0.3, -0.25) is 9.59 Å². The van der Waals surface area contributed by atoms with Gasteiger partial charge in [-0.2, -0.15) is 5.10 Å². The summed E-state index contributed by atoms with van der Waals surface area (Å²) in [7, 11) is 1.43. The lowest BCUT2D eigenvalue weighted by Crippen LogP contribution is -2.42. The lowest BCUT2D eigenvalue weighted by atomic mass is 10.0. The third kappa shape index (κ3) is 4.37. The van der Waals surface area contributed by atoms with Crippen LogP contribution in [0.25, 0.3) is 16.9 Å². The molecule has 0 saturated carbocycles. The molecule has 3 heterocycles. The fourth-order valence-electron chi connectivity index (χ4n) is 4.48. The first-order valence-electron chi connectivity index (χ1n) is 12.0. The van der Waals surface area contributed by atoms with Crippen LogP contribution >= 0.6 is 0 Å². The Kier molecular flexibility index (Phi) is 6.04. The molecule has 2 amide bonds. The van der Waals surface area contributed by atoms with E-state index in [0.717, 1.165) is 5.56 Å². The predicted octanol–water partition coefficient (Wildman–Crippen LogP) is 4.09. The molecule has 0 unspecified atom stereocenters. The summed E-state index contributed by atoms with van der Waals surface area (Å²) in [5.74, 6) is -1.51. The standard InChI is InChI=1S/C29H21FN6O3/c1-39-18-12-13-19(21(30)16-18)25-23(27-31-14-7-15-36(27)35-25)28(37)34-26-29(38)32-22-11-6-5-10-20(22)24(33-26)17-8-3-2-4-9-17/h2-16,26H,1H3,(H,32,38)(H,34,37)/t26-/m1/s1. The molecule has 9 nitrogen and oxygen atoms in total. The van der Waals surface area contributed by atoms with Gasteiger partial charge in [0, 0.05) is 35.2 Å². The SMILES string of the molecule is COc1ccc(-c2nn3cccnc3c2C(=O)N[C@H]2N=C(c3ccccc3)c3ccccc3NC2=O)c(F)c1. The van der Waals surface area contributed by atoms with E-state index < -0.39 is 23.8 Å². The van der Waals surface area contributed by atoms with Gasteiger partial charge in [-0.1, -0.05) is 48.5 Å². The highest BCUT2D eigenvalue weighted by molar-refractivity contribution is 6.20.